The molecule has 3 rings (SSSR count). The highest BCUT2D eigenvalue weighted by atomic mass is 32.1. The van der Waals surface area contributed by atoms with Crippen LogP contribution in [-0.2, 0) is 7.05 Å². The van der Waals surface area contributed by atoms with Gasteiger partial charge in [0.05, 0.1) is 21.8 Å². The number of hydrogen-bond donors (Lipinski definition) is 2. The van der Waals surface area contributed by atoms with Crippen LogP contribution in [0.2, 0.25) is 0 Å². The lowest BCUT2D eigenvalue weighted by Crippen LogP contribution is -2.28. The first kappa shape index (κ1) is 18.1. The molecule has 0 atom stereocenters. The summed E-state index contributed by atoms with van der Waals surface area (Å²) >= 11 is 1.39. The average molecular weight is 370 g/mol. The summed E-state index contributed by atoms with van der Waals surface area (Å²) in [5.41, 5.74) is 1.86. The number of fused-ring (bicyclic) bond motifs is 1. The minimum atomic E-state index is -0.227. The number of rotatable bonds is 5. The van der Waals surface area contributed by atoms with Gasteiger partial charge in [0, 0.05) is 19.0 Å². The molecule has 0 bridgehead atoms. The number of nitrogens with zero attached hydrogens (tertiary/aromatic N) is 2. The summed E-state index contributed by atoms with van der Waals surface area (Å²) < 4.78 is 1.78. The number of carbonyl (C=O) groups is 2. The van der Waals surface area contributed by atoms with Crippen molar-refractivity contribution in [3.05, 3.63) is 46.5 Å². The van der Waals surface area contributed by atoms with E-state index in [0.717, 1.165) is 15.9 Å². The second-order valence-corrected chi connectivity index (χ2v) is 7.67. The van der Waals surface area contributed by atoms with Crippen LogP contribution in [-0.4, -0.2) is 28.1 Å². The Kier molecular flexibility index (Phi) is 5.08. The van der Waals surface area contributed by atoms with Gasteiger partial charge >= 0.3 is 0 Å². The van der Waals surface area contributed by atoms with Gasteiger partial charge < -0.3 is 10.6 Å². The Bertz CT molecular complexity index is 937. The Morgan fingerprint density at radius 1 is 1.23 bits per heavy atom. The van der Waals surface area contributed by atoms with Crippen LogP contribution in [0.25, 0.3) is 10.2 Å². The van der Waals surface area contributed by atoms with Gasteiger partial charge in [-0.1, -0.05) is 26.0 Å². The third-order valence-corrected chi connectivity index (χ3v) is 5.21. The standard InChI is InChI=1S/C19H22N4O2S/c1-11(2)10-20-17(24)13-7-5-6-8-15(13)21-18(25)16-9-14-12(3)22-23(4)19(14)26-16/h5-9,11H,10H2,1-4H3,(H,20,24)(H,21,25). The van der Waals surface area contributed by atoms with E-state index in [-0.39, 0.29) is 11.8 Å². The van der Waals surface area contributed by atoms with E-state index in [4.69, 9.17) is 0 Å². The molecule has 3 aromatic rings. The molecule has 0 aliphatic carbocycles. The minimum absolute atomic E-state index is 0.189. The predicted octanol–water partition coefficient (Wildman–Crippen LogP) is 3.58. The molecule has 0 saturated heterocycles. The largest absolute Gasteiger partial charge is 0.352 e. The third-order valence-electron chi connectivity index (χ3n) is 4.01. The molecular weight excluding hydrogens is 348 g/mol. The van der Waals surface area contributed by atoms with Gasteiger partial charge in [-0.05, 0) is 31.0 Å². The van der Waals surface area contributed by atoms with Gasteiger partial charge in [0.2, 0.25) is 0 Å². The van der Waals surface area contributed by atoms with Crippen molar-refractivity contribution in [3.63, 3.8) is 0 Å². The highest BCUT2D eigenvalue weighted by Crippen LogP contribution is 2.28. The summed E-state index contributed by atoms with van der Waals surface area (Å²) in [6.45, 7) is 6.58. The first-order valence-corrected chi connectivity index (χ1v) is 9.30. The Hall–Kier alpha value is -2.67. The lowest BCUT2D eigenvalue weighted by atomic mass is 10.1. The SMILES string of the molecule is Cc1nn(C)c2sc(C(=O)Nc3ccccc3C(=O)NCC(C)C)cc12. The van der Waals surface area contributed by atoms with Gasteiger partial charge in [-0.25, -0.2) is 0 Å². The van der Waals surface area contributed by atoms with E-state index in [1.54, 1.807) is 28.9 Å². The van der Waals surface area contributed by atoms with E-state index in [0.29, 0.717) is 28.6 Å². The first-order valence-electron chi connectivity index (χ1n) is 8.48. The number of nitrogens with one attached hydrogen (secondary N) is 2. The molecule has 1 aromatic carbocycles. The maximum absolute atomic E-state index is 12.7. The van der Waals surface area contributed by atoms with Crippen LogP contribution in [0, 0.1) is 12.8 Å². The average Bonchev–Trinajstić information content (AvgIpc) is 3.15. The molecule has 0 spiro atoms. The van der Waals surface area contributed by atoms with Gasteiger partial charge in [0.15, 0.2) is 0 Å². The Labute approximate surface area is 156 Å². The normalized spacial score (nSPS) is 11.1. The van der Waals surface area contributed by atoms with Gasteiger partial charge in [0.1, 0.15) is 4.83 Å². The number of hydrogen-bond acceptors (Lipinski definition) is 4. The van der Waals surface area contributed by atoms with Gasteiger partial charge in [-0.2, -0.15) is 5.10 Å². The maximum Gasteiger partial charge on any atom is 0.265 e. The second-order valence-electron chi connectivity index (χ2n) is 6.64. The Morgan fingerprint density at radius 3 is 2.65 bits per heavy atom. The predicted molar refractivity (Wildman–Crippen MR) is 105 cm³/mol. The Morgan fingerprint density at radius 2 is 1.96 bits per heavy atom. The molecule has 0 fully saturated rings. The fourth-order valence-corrected chi connectivity index (χ4v) is 3.70. The molecule has 26 heavy (non-hydrogen) atoms. The second kappa shape index (κ2) is 7.29. The number of amides is 2. The number of anilines is 1. The van der Waals surface area contributed by atoms with Crippen molar-refractivity contribution < 1.29 is 9.59 Å². The Balaban J connectivity index is 1.82. The van der Waals surface area contributed by atoms with E-state index in [9.17, 15) is 9.59 Å². The van der Waals surface area contributed by atoms with Crippen molar-refractivity contribution in [2.75, 3.05) is 11.9 Å². The molecule has 2 amide bonds. The van der Waals surface area contributed by atoms with Crippen LogP contribution in [0.1, 0.15) is 39.6 Å². The molecule has 2 N–H and O–H groups in total. The van der Waals surface area contributed by atoms with Crippen molar-refractivity contribution in [3.8, 4) is 0 Å². The zero-order valence-electron chi connectivity index (χ0n) is 15.3. The number of aryl methyl sites for hydroxylation is 2. The van der Waals surface area contributed by atoms with Gasteiger partial charge in [-0.15, -0.1) is 11.3 Å². The third kappa shape index (κ3) is 3.62. The molecule has 0 unspecified atom stereocenters. The quantitative estimate of drug-likeness (QED) is 0.721. The van der Waals surface area contributed by atoms with E-state index < -0.39 is 0 Å². The van der Waals surface area contributed by atoms with Crippen LogP contribution in [0.5, 0.6) is 0 Å². The van der Waals surface area contributed by atoms with E-state index in [2.05, 4.69) is 15.7 Å². The fraction of sp³-hybridized carbons (Fsp3) is 0.316. The van der Waals surface area contributed by atoms with Crippen LogP contribution in [0.4, 0.5) is 5.69 Å². The molecule has 0 aliphatic rings. The van der Waals surface area contributed by atoms with Crippen molar-refractivity contribution in [1.82, 2.24) is 15.1 Å². The smallest absolute Gasteiger partial charge is 0.265 e. The van der Waals surface area contributed by atoms with Gasteiger partial charge in [0.25, 0.3) is 11.8 Å². The van der Waals surface area contributed by atoms with Crippen LogP contribution in [0.3, 0.4) is 0 Å². The summed E-state index contributed by atoms with van der Waals surface area (Å²) in [5, 5.41) is 11.1. The molecule has 2 aromatic heterocycles. The summed E-state index contributed by atoms with van der Waals surface area (Å²) in [6.07, 6.45) is 0. The lowest BCUT2D eigenvalue weighted by molar-refractivity contribution is 0.0950. The minimum Gasteiger partial charge on any atom is -0.352 e. The van der Waals surface area contributed by atoms with Gasteiger partial charge in [-0.3, -0.25) is 14.3 Å². The van der Waals surface area contributed by atoms with Crippen molar-refractivity contribution >= 4 is 39.1 Å². The van der Waals surface area contributed by atoms with E-state index in [1.807, 2.05) is 33.9 Å². The number of aromatic nitrogens is 2. The monoisotopic (exact) mass is 370 g/mol. The highest BCUT2D eigenvalue weighted by molar-refractivity contribution is 7.20. The van der Waals surface area contributed by atoms with Crippen molar-refractivity contribution in [2.24, 2.45) is 13.0 Å². The van der Waals surface area contributed by atoms with E-state index >= 15 is 0 Å². The number of benzene rings is 1. The van der Waals surface area contributed by atoms with Crippen molar-refractivity contribution in [1.29, 1.82) is 0 Å². The zero-order valence-corrected chi connectivity index (χ0v) is 16.1. The highest BCUT2D eigenvalue weighted by Gasteiger charge is 2.18. The molecular formula is C19H22N4O2S. The molecule has 7 heteroatoms. The first-order chi connectivity index (χ1) is 12.4. The molecule has 6 nitrogen and oxygen atoms in total. The lowest BCUT2D eigenvalue weighted by Gasteiger charge is -2.12. The summed E-state index contributed by atoms with van der Waals surface area (Å²) in [7, 11) is 1.86. The van der Waals surface area contributed by atoms with Crippen LogP contribution >= 0.6 is 11.3 Å². The number of thiophene rings is 1. The van der Waals surface area contributed by atoms with Crippen LogP contribution in [0.15, 0.2) is 30.3 Å². The van der Waals surface area contributed by atoms with Crippen LogP contribution < -0.4 is 10.6 Å². The van der Waals surface area contributed by atoms with E-state index in [1.165, 1.54) is 11.3 Å². The number of carbonyl (C=O) groups excluding carboxylic acids is 2. The zero-order chi connectivity index (χ0) is 18.8. The summed E-state index contributed by atoms with van der Waals surface area (Å²) in [4.78, 5) is 26.6. The maximum atomic E-state index is 12.7. The molecule has 0 saturated carbocycles. The van der Waals surface area contributed by atoms with Crippen molar-refractivity contribution in [2.45, 2.75) is 20.8 Å². The fourth-order valence-electron chi connectivity index (χ4n) is 2.68. The molecule has 136 valence electrons. The summed E-state index contributed by atoms with van der Waals surface area (Å²) in [6, 6.07) is 8.88. The summed E-state index contributed by atoms with van der Waals surface area (Å²) in [5.74, 6) is -0.0585. The topological polar surface area (TPSA) is 76.0 Å². The number of para-hydroxylation sites is 1. The molecule has 0 aliphatic heterocycles. The molecule has 2 heterocycles. The molecule has 0 radical (unpaired) electrons.